The molecule has 1 heterocycles. The highest BCUT2D eigenvalue weighted by molar-refractivity contribution is 5.48. The Kier molecular flexibility index (Phi) is 6.07. The predicted molar refractivity (Wildman–Crippen MR) is 92.1 cm³/mol. The quantitative estimate of drug-likeness (QED) is 0.867. The van der Waals surface area contributed by atoms with Crippen molar-refractivity contribution < 1.29 is 0 Å². The Hall–Kier alpha value is -1.06. The predicted octanol–water partition coefficient (Wildman–Crippen LogP) is 3.28. The van der Waals surface area contributed by atoms with E-state index >= 15 is 0 Å². The highest BCUT2D eigenvalue weighted by Crippen LogP contribution is 2.22. The summed E-state index contributed by atoms with van der Waals surface area (Å²) in [6.45, 7) is 11.5. The zero-order chi connectivity index (χ0) is 15.2. The summed E-state index contributed by atoms with van der Waals surface area (Å²) in [6.07, 6.45) is 2.38. The van der Waals surface area contributed by atoms with Gasteiger partial charge in [-0.2, -0.15) is 0 Å². The second-order valence-electron chi connectivity index (χ2n) is 6.12. The summed E-state index contributed by atoms with van der Waals surface area (Å²) in [4.78, 5) is 5.13. The molecule has 118 valence electrons. The molecule has 1 aliphatic rings. The Morgan fingerprint density at radius 3 is 2.10 bits per heavy atom. The lowest BCUT2D eigenvalue weighted by molar-refractivity contribution is 0.193. The van der Waals surface area contributed by atoms with Crippen molar-refractivity contribution in [1.29, 1.82) is 0 Å². The van der Waals surface area contributed by atoms with E-state index in [4.69, 9.17) is 0 Å². The molecule has 1 aromatic carbocycles. The van der Waals surface area contributed by atoms with Crippen LogP contribution in [0.5, 0.6) is 0 Å². The van der Waals surface area contributed by atoms with Gasteiger partial charge in [-0.1, -0.05) is 26.0 Å². The number of nitrogens with one attached hydrogen (secondary N) is 1. The lowest BCUT2D eigenvalue weighted by Gasteiger charge is -2.39. The molecule has 3 heteroatoms. The molecule has 1 aromatic rings. The minimum atomic E-state index is 0.473. The number of piperazine rings is 1. The third kappa shape index (κ3) is 3.98. The molecule has 0 aliphatic carbocycles. The number of benzene rings is 1. The first kappa shape index (κ1) is 16.3. The molecule has 1 aliphatic heterocycles. The monoisotopic (exact) mass is 289 g/mol. The van der Waals surface area contributed by atoms with Gasteiger partial charge in [0.05, 0.1) is 0 Å². The molecule has 2 atom stereocenters. The zero-order valence-corrected chi connectivity index (χ0v) is 14.1. The van der Waals surface area contributed by atoms with E-state index in [1.165, 1.54) is 30.8 Å². The number of anilines is 1. The molecule has 0 amide bonds. The number of hydrogen-bond acceptors (Lipinski definition) is 3. The first-order chi connectivity index (χ1) is 10.2. The first-order valence-electron chi connectivity index (χ1n) is 8.45. The van der Waals surface area contributed by atoms with Crippen LogP contribution in [0.15, 0.2) is 24.3 Å². The molecule has 1 N–H and O–H groups in total. The van der Waals surface area contributed by atoms with Crippen molar-refractivity contribution in [2.24, 2.45) is 0 Å². The summed E-state index contributed by atoms with van der Waals surface area (Å²) in [5.74, 6) is 0. The van der Waals surface area contributed by atoms with Crippen LogP contribution in [0.3, 0.4) is 0 Å². The van der Waals surface area contributed by atoms with Crippen molar-refractivity contribution in [3.8, 4) is 0 Å². The van der Waals surface area contributed by atoms with Crippen LogP contribution >= 0.6 is 0 Å². The Morgan fingerprint density at radius 1 is 1.00 bits per heavy atom. The molecule has 0 spiro atoms. The maximum atomic E-state index is 3.37. The van der Waals surface area contributed by atoms with E-state index in [9.17, 15) is 0 Å². The fourth-order valence-electron chi connectivity index (χ4n) is 3.20. The van der Waals surface area contributed by atoms with Crippen LogP contribution in [0.1, 0.15) is 45.2 Å². The third-order valence-electron chi connectivity index (χ3n) is 4.95. The lowest BCUT2D eigenvalue weighted by Crippen LogP contribution is -2.49. The summed E-state index contributed by atoms with van der Waals surface area (Å²) < 4.78 is 0. The van der Waals surface area contributed by atoms with Gasteiger partial charge in [-0.05, 0) is 44.5 Å². The van der Waals surface area contributed by atoms with Gasteiger partial charge in [-0.3, -0.25) is 4.90 Å². The molecule has 2 rings (SSSR count). The SMILES string of the molecule is CCC(NC)c1ccc(N2CCN(C(C)CC)CC2)cc1. The van der Waals surface area contributed by atoms with Gasteiger partial charge in [-0.25, -0.2) is 0 Å². The van der Waals surface area contributed by atoms with Crippen LogP contribution in [-0.2, 0) is 0 Å². The van der Waals surface area contributed by atoms with Gasteiger partial charge in [0.1, 0.15) is 0 Å². The van der Waals surface area contributed by atoms with E-state index < -0.39 is 0 Å². The van der Waals surface area contributed by atoms with Crippen molar-refractivity contribution in [3.05, 3.63) is 29.8 Å². The third-order valence-corrected chi connectivity index (χ3v) is 4.95. The fraction of sp³-hybridized carbons (Fsp3) is 0.667. The Labute approximate surface area is 130 Å². The summed E-state index contributed by atoms with van der Waals surface area (Å²) in [5, 5.41) is 3.37. The van der Waals surface area contributed by atoms with Gasteiger partial charge >= 0.3 is 0 Å². The van der Waals surface area contributed by atoms with Crippen LogP contribution in [0.4, 0.5) is 5.69 Å². The Balaban J connectivity index is 1.95. The van der Waals surface area contributed by atoms with E-state index in [1.54, 1.807) is 0 Å². The molecule has 21 heavy (non-hydrogen) atoms. The number of nitrogens with zero attached hydrogens (tertiary/aromatic N) is 2. The largest absolute Gasteiger partial charge is 0.369 e. The minimum absolute atomic E-state index is 0.473. The van der Waals surface area contributed by atoms with Crippen LogP contribution in [0, 0.1) is 0 Å². The Bertz CT molecular complexity index is 403. The molecule has 0 bridgehead atoms. The van der Waals surface area contributed by atoms with Gasteiger partial charge in [-0.15, -0.1) is 0 Å². The smallest absolute Gasteiger partial charge is 0.0367 e. The summed E-state index contributed by atoms with van der Waals surface area (Å²) >= 11 is 0. The van der Waals surface area contributed by atoms with Crippen LogP contribution < -0.4 is 10.2 Å². The molecule has 1 fully saturated rings. The van der Waals surface area contributed by atoms with Crippen molar-refractivity contribution in [1.82, 2.24) is 10.2 Å². The second-order valence-corrected chi connectivity index (χ2v) is 6.12. The van der Waals surface area contributed by atoms with Gasteiger partial charge < -0.3 is 10.2 Å². The molecule has 3 nitrogen and oxygen atoms in total. The van der Waals surface area contributed by atoms with Crippen LogP contribution in [0.25, 0.3) is 0 Å². The van der Waals surface area contributed by atoms with Gasteiger partial charge in [0.15, 0.2) is 0 Å². The molecular formula is C18H31N3. The highest BCUT2D eigenvalue weighted by atomic mass is 15.3. The Morgan fingerprint density at radius 2 is 1.62 bits per heavy atom. The van der Waals surface area contributed by atoms with Crippen LogP contribution in [0.2, 0.25) is 0 Å². The number of rotatable bonds is 6. The average Bonchev–Trinajstić information content (AvgIpc) is 2.56. The van der Waals surface area contributed by atoms with E-state index in [0.717, 1.165) is 25.6 Å². The zero-order valence-electron chi connectivity index (χ0n) is 14.1. The minimum Gasteiger partial charge on any atom is -0.369 e. The highest BCUT2D eigenvalue weighted by Gasteiger charge is 2.20. The van der Waals surface area contributed by atoms with Crippen molar-refractivity contribution in [2.75, 3.05) is 38.1 Å². The molecule has 1 saturated heterocycles. The lowest BCUT2D eigenvalue weighted by atomic mass is 10.0. The van der Waals surface area contributed by atoms with Crippen LogP contribution in [-0.4, -0.2) is 44.2 Å². The summed E-state index contributed by atoms with van der Waals surface area (Å²) in [7, 11) is 2.04. The number of hydrogen-bond donors (Lipinski definition) is 1. The first-order valence-corrected chi connectivity index (χ1v) is 8.45. The molecular weight excluding hydrogens is 258 g/mol. The van der Waals surface area contributed by atoms with Crippen molar-refractivity contribution >= 4 is 5.69 Å². The molecule has 2 unspecified atom stereocenters. The molecule has 0 aromatic heterocycles. The summed E-state index contributed by atoms with van der Waals surface area (Å²) in [6, 6.07) is 10.3. The van der Waals surface area contributed by atoms with Gasteiger partial charge in [0.25, 0.3) is 0 Å². The maximum Gasteiger partial charge on any atom is 0.0367 e. The van der Waals surface area contributed by atoms with Crippen molar-refractivity contribution in [2.45, 2.75) is 45.7 Å². The standard InChI is InChI=1S/C18H31N3/c1-5-15(3)20-11-13-21(14-12-20)17-9-7-16(8-10-17)18(6-2)19-4/h7-10,15,18-19H,5-6,11-14H2,1-4H3. The summed E-state index contributed by atoms with van der Waals surface area (Å²) in [5.41, 5.74) is 2.76. The fourth-order valence-corrected chi connectivity index (χ4v) is 3.20. The van der Waals surface area contributed by atoms with Gasteiger partial charge in [0.2, 0.25) is 0 Å². The van der Waals surface area contributed by atoms with E-state index in [0.29, 0.717) is 6.04 Å². The normalized spacial score (nSPS) is 19.5. The molecule has 0 radical (unpaired) electrons. The topological polar surface area (TPSA) is 18.5 Å². The second kappa shape index (κ2) is 7.81. The van der Waals surface area contributed by atoms with E-state index in [2.05, 4.69) is 60.2 Å². The van der Waals surface area contributed by atoms with E-state index in [-0.39, 0.29) is 0 Å². The molecule has 0 saturated carbocycles. The maximum absolute atomic E-state index is 3.37. The van der Waals surface area contributed by atoms with Crippen molar-refractivity contribution in [3.63, 3.8) is 0 Å². The van der Waals surface area contributed by atoms with E-state index in [1.807, 2.05) is 7.05 Å². The van der Waals surface area contributed by atoms with Gasteiger partial charge in [0, 0.05) is 44.0 Å². The average molecular weight is 289 g/mol.